The average molecular weight is 326 g/mol. The van der Waals surface area contributed by atoms with Crippen LogP contribution in [0.1, 0.15) is 64.9 Å². The smallest absolute Gasteiger partial charge is 0.158 e. The molecule has 0 amide bonds. The second-order valence-corrected chi connectivity index (χ2v) is 8.79. The van der Waals surface area contributed by atoms with Crippen molar-refractivity contribution in [2.75, 3.05) is 0 Å². The first-order valence-electron chi connectivity index (χ1n) is 9.07. The van der Waals surface area contributed by atoms with E-state index in [2.05, 4.69) is 62.6 Å². The minimum Gasteiger partial charge on any atom is -0.385 e. The van der Waals surface area contributed by atoms with E-state index in [1.165, 1.54) is 5.56 Å². The zero-order chi connectivity index (χ0) is 17.4. The number of piperidine rings is 1. The quantitative estimate of drug-likeness (QED) is 0.884. The maximum atomic E-state index is 12.2. The molecule has 3 heteroatoms. The highest BCUT2D eigenvalue weighted by Crippen LogP contribution is 2.33. The fourth-order valence-corrected chi connectivity index (χ4v) is 4.64. The number of carbonyl (C=O) groups excluding carboxylic acids is 1. The molecule has 1 unspecified atom stereocenters. The van der Waals surface area contributed by atoms with Gasteiger partial charge in [0, 0.05) is 35.3 Å². The van der Waals surface area contributed by atoms with Crippen molar-refractivity contribution in [2.45, 2.75) is 76.4 Å². The first-order valence-corrected chi connectivity index (χ1v) is 9.07. The van der Waals surface area contributed by atoms with Crippen LogP contribution in [0, 0.1) is 0 Å². The first-order chi connectivity index (χ1) is 11.2. The molecule has 2 aliphatic rings. The topological polar surface area (TPSA) is 41.1 Å². The number of allylic oxidation sites excluding steroid dienone is 2. The highest BCUT2D eigenvalue weighted by Gasteiger charge is 2.38. The van der Waals surface area contributed by atoms with Gasteiger partial charge in [0.2, 0.25) is 0 Å². The zero-order valence-corrected chi connectivity index (χ0v) is 15.4. The molecule has 1 heterocycles. The zero-order valence-electron chi connectivity index (χ0n) is 15.4. The molecular formula is C21H30N2O. The Kier molecular flexibility index (Phi) is 4.56. The third-order valence-corrected chi connectivity index (χ3v) is 5.10. The van der Waals surface area contributed by atoms with Crippen LogP contribution in [-0.4, -0.2) is 22.9 Å². The number of carbonyl (C=O) groups is 1. The van der Waals surface area contributed by atoms with Crippen molar-refractivity contribution in [1.29, 1.82) is 0 Å². The fraction of sp³-hybridized carbons (Fsp3) is 0.571. The van der Waals surface area contributed by atoms with Crippen LogP contribution in [0.2, 0.25) is 0 Å². The van der Waals surface area contributed by atoms with Gasteiger partial charge in [-0.25, -0.2) is 0 Å². The van der Waals surface area contributed by atoms with Gasteiger partial charge < -0.3 is 10.6 Å². The fourth-order valence-electron chi connectivity index (χ4n) is 4.64. The Morgan fingerprint density at radius 1 is 1.00 bits per heavy atom. The largest absolute Gasteiger partial charge is 0.385 e. The SMILES string of the molecule is CC1(C)CC(NC2=CC(=O)CC(c3ccccc3)C2)CC(C)(C)N1. The van der Waals surface area contributed by atoms with Crippen molar-refractivity contribution in [1.82, 2.24) is 10.6 Å². The molecule has 24 heavy (non-hydrogen) atoms. The molecule has 0 bridgehead atoms. The van der Waals surface area contributed by atoms with Crippen LogP contribution in [0.15, 0.2) is 42.1 Å². The summed E-state index contributed by atoms with van der Waals surface area (Å²) in [6.07, 6.45) is 5.52. The third-order valence-electron chi connectivity index (χ3n) is 5.10. The summed E-state index contributed by atoms with van der Waals surface area (Å²) in [6.45, 7) is 9.04. The van der Waals surface area contributed by atoms with Crippen molar-refractivity contribution in [3.63, 3.8) is 0 Å². The highest BCUT2D eigenvalue weighted by atomic mass is 16.1. The lowest BCUT2D eigenvalue weighted by Gasteiger charge is -2.47. The summed E-state index contributed by atoms with van der Waals surface area (Å²) in [5, 5.41) is 7.42. The Labute approximate surface area is 145 Å². The lowest BCUT2D eigenvalue weighted by Crippen LogP contribution is -2.61. The van der Waals surface area contributed by atoms with Crippen LogP contribution in [0.25, 0.3) is 0 Å². The van der Waals surface area contributed by atoms with Crippen LogP contribution in [0.3, 0.4) is 0 Å². The van der Waals surface area contributed by atoms with Crippen LogP contribution in [0.4, 0.5) is 0 Å². The molecule has 0 radical (unpaired) electrons. The molecule has 2 N–H and O–H groups in total. The molecule has 1 saturated heterocycles. The predicted molar refractivity (Wildman–Crippen MR) is 99.0 cm³/mol. The molecule has 1 aliphatic heterocycles. The molecule has 1 atom stereocenters. The summed E-state index contributed by atoms with van der Waals surface area (Å²) < 4.78 is 0. The lowest BCUT2D eigenvalue weighted by atomic mass is 9.79. The van der Waals surface area contributed by atoms with Crippen LogP contribution in [0.5, 0.6) is 0 Å². The van der Waals surface area contributed by atoms with E-state index in [-0.39, 0.29) is 16.9 Å². The van der Waals surface area contributed by atoms with Gasteiger partial charge in [0.05, 0.1) is 0 Å². The van der Waals surface area contributed by atoms with Crippen LogP contribution < -0.4 is 10.6 Å². The maximum absolute atomic E-state index is 12.2. The van der Waals surface area contributed by atoms with Gasteiger partial charge in [-0.2, -0.15) is 0 Å². The van der Waals surface area contributed by atoms with Gasteiger partial charge in [-0.15, -0.1) is 0 Å². The third kappa shape index (κ3) is 4.27. The second-order valence-electron chi connectivity index (χ2n) is 8.79. The lowest BCUT2D eigenvalue weighted by molar-refractivity contribution is -0.115. The standard InChI is InChI=1S/C21H30N2O/c1-20(2)13-18(14-21(3,4)23-20)22-17-10-16(11-19(24)12-17)15-8-6-5-7-9-15/h5-9,12,16,18,22-23H,10-11,13-14H2,1-4H3. The van der Waals surface area contributed by atoms with E-state index < -0.39 is 0 Å². The Morgan fingerprint density at radius 3 is 2.25 bits per heavy atom. The number of nitrogens with one attached hydrogen (secondary N) is 2. The van der Waals surface area contributed by atoms with Crippen molar-refractivity contribution < 1.29 is 4.79 Å². The maximum Gasteiger partial charge on any atom is 0.158 e. The van der Waals surface area contributed by atoms with Crippen LogP contribution >= 0.6 is 0 Å². The Morgan fingerprint density at radius 2 is 1.62 bits per heavy atom. The van der Waals surface area contributed by atoms with E-state index in [0.29, 0.717) is 18.4 Å². The van der Waals surface area contributed by atoms with E-state index in [0.717, 1.165) is 25.0 Å². The van der Waals surface area contributed by atoms with Crippen molar-refractivity contribution >= 4 is 5.78 Å². The molecule has 0 aromatic heterocycles. The van der Waals surface area contributed by atoms with Crippen molar-refractivity contribution in [3.05, 3.63) is 47.7 Å². The van der Waals surface area contributed by atoms with Crippen LogP contribution in [-0.2, 0) is 4.79 Å². The summed E-state index contributed by atoms with van der Waals surface area (Å²) >= 11 is 0. The Bertz CT molecular complexity index is 614. The molecule has 130 valence electrons. The van der Waals surface area contributed by atoms with Gasteiger partial charge in [0.1, 0.15) is 0 Å². The summed E-state index contributed by atoms with van der Waals surface area (Å²) in [7, 11) is 0. The highest BCUT2D eigenvalue weighted by molar-refractivity contribution is 5.92. The summed E-state index contributed by atoms with van der Waals surface area (Å²) in [6, 6.07) is 10.8. The van der Waals surface area contributed by atoms with Gasteiger partial charge in [-0.1, -0.05) is 30.3 Å². The monoisotopic (exact) mass is 326 g/mol. The normalized spacial score (nSPS) is 26.8. The molecule has 3 nitrogen and oxygen atoms in total. The number of hydrogen-bond acceptors (Lipinski definition) is 3. The van der Waals surface area contributed by atoms with Gasteiger partial charge in [-0.3, -0.25) is 4.79 Å². The summed E-state index contributed by atoms with van der Waals surface area (Å²) in [5.41, 5.74) is 2.59. The number of ketones is 1. The van der Waals surface area contributed by atoms with E-state index >= 15 is 0 Å². The van der Waals surface area contributed by atoms with E-state index in [1.54, 1.807) is 0 Å². The molecular weight excluding hydrogens is 296 g/mol. The summed E-state index contributed by atoms with van der Waals surface area (Å²) in [4.78, 5) is 12.2. The van der Waals surface area contributed by atoms with E-state index in [1.807, 2.05) is 12.1 Å². The number of benzene rings is 1. The Balaban J connectivity index is 1.71. The van der Waals surface area contributed by atoms with Gasteiger partial charge in [-0.05, 0) is 58.4 Å². The predicted octanol–water partition coefficient (Wildman–Crippen LogP) is 3.92. The first kappa shape index (κ1) is 17.2. The number of rotatable bonds is 3. The minimum atomic E-state index is 0.109. The van der Waals surface area contributed by atoms with Gasteiger partial charge >= 0.3 is 0 Å². The molecule has 1 aliphatic carbocycles. The summed E-state index contributed by atoms with van der Waals surface area (Å²) in [5.74, 6) is 0.541. The van der Waals surface area contributed by atoms with Gasteiger partial charge in [0.25, 0.3) is 0 Å². The van der Waals surface area contributed by atoms with E-state index in [9.17, 15) is 4.79 Å². The molecule has 1 aromatic carbocycles. The van der Waals surface area contributed by atoms with Crippen molar-refractivity contribution in [3.8, 4) is 0 Å². The minimum absolute atomic E-state index is 0.109. The van der Waals surface area contributed by atoms with Gasteiger partial charge in [0.15, 0.2) is 5.78 Å². The second kappa shape index (κ2) is 6.36. The molecule has 0 spiro atoms. The Hall–Kier alpha value is -1.61. The van der Waals surface area contributed by atoms with Crippen molar-refractivity contribution in [2.24, 2.45) is 0 Å². The molecule has 1 aromatic rings. The molecule has 3 rings (SSSR count). The van der Waals surface area contributed by atoms with E-state index in [4.69, 9.17) is 0 Å². The molecule has 1 fully saturated rings. The number of hydrogen-bond donors (Lipinski definition) is 2. The molecule has 0 saturated carbocycles. The average Bonchev–Trinajstić information content (AvgIpc) is 2.44.